The van der Waals surface area contributed by atoms with Crippen molar-refractivity contribution in [3.05, 3.63) is 33.3 Å². The van der Waals surface area contributed by atoms with Crippen LogP contribution in [0.1, 0.15) is 16.7 Å². The Bertz CT molecular complexity index is 417. The summed E-state index contributed by atoms with van der Waals surface area (Å²) in [5, 5.41) is 12.0. The molecule has 1 aliphatic rings. The molecule has 2 rings (SSSR count). The van der Waals surface area contributed by atoms with Crippen LogP contribution in [-0.4, -0.2) is 17.1 Å². The van der Waals surface area contributed by atoms with Gasteiger partial charge in [-0.15, -0.1) is 0 Å². The number of rotatable bonds is 1. The molecule has 2 N–H and O–H groups in total. The Morgan fingerprint density at radius 3 is 2.93 bits per heavy atom. The van der Waals surface area contributed by atoms with Gasteiger partial charge in [-0.25, -0.2) is 0 Å². The van der Waals surface area contributed by atoms with Gasteiger partial charge in [0.1, 0.15) is 6.04 Å². The summed E-state index contributed by atoms with van der Waals surface area (Å²) in [6, 6.07) is 3.58. The lowest BCUT2D eigenvalue weighted by Gasteiger charge is -2.25. The summed E-state index contributed by atoms with van der Waals surface area (Å²) < 4.78 is 1.06. The Morgan fingerprint density at radius 1 is 1.53 bits per heavy atom. The fourth-order valence-corrected chi connectivity index (χ4v) is 2.44. The van der Waals surface area contributed by atoms with E-state index in [9.17, 15) is 4.79 Å². The van der Waals surface area contributed by atoms with Crippen molar-refractivity contribution in [3.8, 4) is 0 Å². The zero-order valence-corrected chi connectivity index (χ0v) is 9.97. The molecule has 0 fully saturated rings. The minimum atomic E-state index is -0.778. The highest BCUT2D eigenvalue weighted by atomic mass is 79.9. The molecule has 0 saturated carbocycles. The average Bonchev–Trinajstić information content (AvgIpc) is 2.23. The molecule has 1 unspecified atom stereocenters. The first-order valence-corrected chi connectivity index (χ1v) is 5.62. The van der Waals surface area contributed by atoms with Gasteiger partial charge in [-0.05, 0) is 36.1 Å². The summed E-state index contributed by atoms with van der Waals surface area (Å²) >= 11 is 3.49. The van der Waals surface area contributed by atoms with Gasteiger partial charge in [-0.2, -0.15) is 0 Å². The zero-order chi connectivity index (χ0) is 11.0. The smallest absolute Gasteiger partial charge is 0.321 e. The van der Waals surface area contributed by atoms with Gasteiger partial charge in [-0.3, -0.25) is 10.1 Å². The van der Waals surface area contributed by atoms with Gasteiger partial charge in [0.05, 0.1) is 0 Å². The van der Waals surface area contributed by atoms with Gasteiger partial charge in [0, 0.05) is 11.0 Å². The number of benzene rings is 1. The van der Waals surface area contributed by atoms with E-state index in [1.54, 1.807) is 0 Å². The van der Waals surface area contributed by atoms with Crippen molar-refractivity contribution in [1.29, 1.82) is 0 Å². The molecule has 80 valence electrons. The van der Waals surface area contributed by atoms with Crippen molar-refractivity contribution in [2.24, 2.45) is 0 Å². The van der Waals surface area contributed by atoms with Crippen molar-refractivity contribution in [2.75, 3.05) is 0 Å². The lowest BCUT2D eigenvalue weighted by Crippen LogP contribution is -2.42. The number of fused-ring (bicyclic) bond motifs is 1. The van der Waals surface area contributed by atoms with Gasteiger partial charge in [0.25, 0.3) is 0 Å². The molecule has 1 heterocycles. The van der Waals surface area contributed by atoms with Crippen molar-refractivity contribution in [1.82, 2.24) is 5.32 Å². The third-order valence-electron chi connectivity index (χ3n) is 2.84. The zero-order valence-electron chi connectivity index (χ0n) is 8.38. The maximum atomic E-state index is 10.9. The summed E-state index contributed by atoms with van der Waals surface area (Å²) in [6.45, 7) is 2.64. The number of carbonyl (C=O) groups is 1. The van der Waals surface area contributed by atoms with E-state index in [0.717, 1.165) is 10.0 Å². The molecule has 0 amide bonds. The first kappa shape index (κ1) is 10.6. The molecular weight excluding hydrogens is 258 g/mol. The molecule has 0 aliphatic carbocycles. The van der Waals surface area contributed by atoms with E-state index >= 15 is 0 Å². The summed E-state index contributed by atoms with van der Waals surface area (Å²) in [4.78, 5) is 10.9. The summed E-state index contributed by atoms with van der Waals surface area (Å²) in [5.41, 5.74) is 3.52. The van der Waals surface area contributed by atoms with Gasteiger partial charge in [0.15, 0.2) is 0 Å². The molecule has 0 radical (unpaired) electrons. The molecule has 1 aromatic rings. The highest BCUT2D eigenvalue weighted by Gasteiger charge is 2.25. The second-order valence-corrected chi connectivity index (χ2v) is 4.65. The highest BCUT2D eigenvalue weighted by molar-refractivity contribution is 9.10. The average molecular weight is 270 g/mol. The van der Waals surface area contributed by atoms with E-state index in [-0.39, 0.29) is 0 Å². The predicted molar refractivity (Wildman–Crippen MR) is 60.8 cm³/mol. The van der Waals surface area contributed by atoms with E-state index in [4.69, 9.17) is 5.11 Å². The van der Waals surface area contributed by atoms with Crippen LogP contribution in [0.5, 0.6) is 0 Å². The second-order valence-electron chi connectivity index (χ2n) is 3.80. The van der Waals surface area contributed by atoms with Gasteiger partial charge in [-0.1, -0.05) is 22.0 Å². The summed E-state index contributed by atoms with van der Waals surface area (Å²) in [5.74, 6) is -0.778. The van der Waals surface area contributed by atoms with Crippen LogP contribution < -0.4 is 5.32 Å². The van der Waals surface area contributed by atoms with Gasteiger partial charge < -0.3 is 5.11 Å². The molecule has 15 heavy (non-hydrogen) atoms. The first-order chi connectivity index (χ1) is 7.09. The summed E-state index contributed by atoms with van der Waals surface area (Å²) in [7, 11) is 0. The third-order valence-corrected chi connectivity index (χ3v) is 3.58. The van der Waals surface area contributed by atoms with E-state index in [1.807, 2.05) is 19.1 Å². The minimum absolute atomic E-state index is 0.453. The molecule has 3 nitrogen and oxygen atoms in total. The Morgan fingerprint density at radius 2 is 2.27 bits per heavy atom. The monoisotopic (exact) mass is 269 g/mol. The van der Waals surface area contributed by atoms with Crippen LogP contribution in [0, 0.1) is 6.92 Å². The molecule has 0 saturated heterocycles. The topological polar surface area (TPSA) is 49.3 Å². The Kier molecular flexibility index (Phi) is 2.80. The van der Waals surface area contributed by atoms with Crippen molar-refractivity contribution >= 4 is 21.9 Å². The van der Waals surface area contributed by atoms with E-state index in [2.05, 4.69) is 21.2 Å². The third kappa shape index (κ3) is 1.92. The van der Waals surface area contributed by atoms with Crippen LogP contribution in [-0.2, 0) is 17.8 Å². The molecule has 0 bridgehead atoms. The van der Waals surface area contributed by atoms with Gasteiger partial charge in [0.2, 0.25) is 0 Å². The van der Waals surface area contributed by atoms with Crippen LogP contribution in [0.2, 0.25) is 0 Å². The predicted octanol–water partition coefficient (Wildman–Crippen LogP) is 1.86. The minimum Gasteiger partial charge on any atom is -0.480 e. The number of aryl methyl sites for hydroxylation is 1. The standard InChI is InChI=1S/C11H12BrNO2/c1-6-2-3-9(12)8-5-13-10(11(14)15)4-7(6)8/h2-3,10,13H,4-5H2,1H3,(H,14,15). The van der Waals surface area contributed by atoms with Crippen LogP contribution in [0.25, 0.3) is 0 Å². The van der Waals surface area contributed by atoms with Crippen LogP contribution in [0.15, 0.2) is 16.6 Å². The molecule has 4 heteroatoms. The molecule has 0 spiro atoms. The second kappa shape index (κ2) is 3.94. The fraction of sp³-hybridized carbons (Fsp3) is 0.364. The van der Waals surface area contributed by atoms with Crippen molar-refractivity contribution in [2.45, 2.75) is 25.9 Å². The first-order valence-electron chi connectivity index (χ1n) is 4.82. The van der Waals surface area contributed by atoms with Crippen LogP contribution in [0.3, 0.4) is 0 Å². The summed E-state index contributed by atoms with van der Waals surface area (Å²) in [6.07, 6.45) is 0.565. The lowest BCUT2D eigenvalue weighted by atomic mass is 9.92. The molecular formula is C11H12BrNO2. The lowest BCUT2D eigenvalue weighted by molar-refractivity contribution is -0.139. The molecule has 0 aromatic heterocycles. The maximum absolute atomic E-state index is 10.9. The van der Waals surface area contributed by atoms with E-state index < -0.39 is 12.0 Å². The number of hydrogen-bond acceptors (Lipinski definition) is 2. The fourth-order valence-electron chi connectivity index (χ4n) is 1.93. The quantitative estimate of drug-likeness (QED) is 0.818. The normalized spacial score (nSPS) is 19.7. The number of aliphatic carboxylic acids is 1. The van der Waals surface area contributed by atoms with Crippen molar-refractivity contribution < 1.29 is 9.90 Å². The number of carboxylic acid groups (broad SMARTS) is 1. The number of nitrogens with one attached hydrogen (secondary N) is 1. The van der Waals surface area contributed by atoms with Gasteiger partial charge >= 0.3 is 5.97 Å². The molecule has 1 aliphatic heterocycles. The number of carboxylic acids is 1. The SMILES string of the molecule is Cc1ccc(Br)c2c1CC(C(=O)O)NC2. The van der Waals surface area contributed by atoms with E-state index in [1.165, 1.54) is 11.1 Å². The Labute approximate surface area is 96.6 Å². The van der Waals surface area contributed by atoms with Crippen LogP contribution >= 0.6 is 15.9 Å². The molecule has 1 atom stereocenters. The Hall–Kier alpha value is -0.870. The number of hydrogen-bond donors (Lipinski definition) is 2. The highest BCUT2D eigenvalue weighted by Crippen LogP contribution is 2.27. The van der Waals surface area contributed by atoms with E-state index in [0.29, 0.717) is 13.0 Å². The largest absolute Gasteiger partial charge is 0.480 e. The number of halogens is 1. The maximum Gasteiger partial charge on any atom is 0.321 e. The van der Waals surface area contributed by atoms with Crippen LogP contribution in [0.4, 0.5) is 0 Å². The Balaban J connectivity index is 2.41. The van der Waals surface area contributed by atoms with Crippen molar-refractivity contribution in [3.63, 3.8) is 0 Å². The molecule has 1 aromatic carbocycles.